The molecule has 6 atom stereocenters. The number of hydrogen-bond acceptors (Lipinski definition) is 8. The Labute approximate surface area is 262 Å². The van der Waals surface area contributed by atoms with Gasteiger partial charge in [-0.25, -0.2) is 26.9 Å². The van der Waals surface area contributed by atoms with E-state index in [4.69, 9.17) is 11.6 Å². The maximum absolute atomic E-state index is 13.9. The zero-order valence-electron chi connectivity index (χ0n) is 23.6. The largest absolute Gasteiger partial charge is 0.387 e. The molecule has 0 spiro atoms. The Bertz CT molecular complexity index is 1840. The highest BCUT2D eigenvalue weighted by Gasteiger charge is 2.60. The Kier molecular flexibility index (Phi) is 8.25. The van der Waals surface area contributed by atoms with E-state index >= 15 is 0 Å². The van der Waals surface area contributed by atoms with E-state index in [1.54, 1.807) is 30.6 Å². The molecule has 1 amide bonds. The molecule has 0 radical (unpaired) electrons. The van der Waals surface area contributed by atoms with Gasteiger partial charge in [-0.15, -0.1) is 0 Å². The first-order valence-corrected chi connectivity index (χ1v) is 16.2. The minimum Gasteiger partial charge on any atom is -0.387 e. The quantitative estimate of drug-likeness (QED) is 0.219. The lowest BCUT2D eigenvalue weighted by Crippen LogP contribution is -2.57. The number of amides is 1. The van der Waals surface area contributed by atoms with Crippen molar-refractivity contribution >= 4 is 33.0 Å². The van der Waals surface area contributed by atoms with E-state index in [2.05, 4.69) is 15.4 Å². The third-order valence-corrected chi connectivity index (χ3v) is 11.6. The predicted octanol–water partition coefficient (Wildman–Crippen LogP) is 4.24. The average molecular weight is 659 g/mol. The maximum atomic E-state index is 13.9. The third kappa shape index (κ3) is 5.63. The summed E-state index contributed by atoms with van der Waals surface area (Å²) >= 11 is 6.32. The van der Waals surface area contributed by atoms with E-state index in [1.165, 1.54) is 28.9 Å². The molecule has 2 aromatic carbocycles. The van der Waals surface area contributed by atoms with Crippen LogP contribution in [0.2, 0.25) is 5.02 Å². The van der Waals surface area contributed by atoms with Crippen LogP contribution in [-0.4, -0.2) is 61.4 Å². The van der Waals surface area contributed by atoms with E-state index in [0.717, 1.165) is 18.2 Å². The van der Waals surface area contributed by atoms with E-state index < -0.39 is 62.3 Å². The van der Waals surface area contributed by atoms with Crippen molar-refractivity contribution < 1.29 is 37.3 Å². The molecule has 2 saturated carbocycles. The number of carbonyl (C=O) groups is 1. The molecule has 45 heavy (non-hydrogen) atoms. The van der Waals surface area contributed by atoms with Crippen molar-refractivity contribution in [2.75, 3.05) is 5.32 Å². The van der Waals surface area contributed by atoms with Gasteiger partial charge in [-0.05, 0) is 86.1 Å². The maximum Gasteiger partial charge on any atom is 0.255 e. The fraction of sp³-hybridized carbons (Fsp3) is 0.323. The first-order chi connectivity index (χ1) is 21.4. The number of nitrogens with one attached hydrogen (secondary N) is 1. The number of aliphatic hydroxyl groups excluding tert-OH is 2. The minimum absolute atomic E-state index is 0.0124. The number of hydrogen-bond donors (Lipinski definition) is 4. The molecule has 4 N–H and O–H groups in total. The minimum atomic E-state index is -4.14. The Morgan fingerprint density at radius 3 is 2.42 bits per heavy atom. The van der Waals surface area contributed by atoms with E-state index in [-0.39, 0.29) is 39.7 Å². The second-order valence-electron chi connectivity index (χ2n) is 11.5. The molecule has 10 nitrogen and oxygen atoms in total. The number of benzene rings is 2. The zero-order chi connectivity index (χ0) is 32.1. The monoisotopic (exact) mass is 658 g/mol. The van der Waals surface area contributed by atoms with E-state index in [9.17, 15) is 37.3 Å². The summed E-state index contributed by atoms with van der Waals surface area (Å²) in [5.74, 6) is -3.90. The average Bonchev–Trinajstić information content (AvgIpc) is 3.60. The molecule has 2 bridgehead atoms. The molecular formula is C31H29ClF2N4O6S. The number of halogens is 3. The lowest BCUT2D eigenvalue weighted by atomic mass is 9.69. The van der Waals surface area contributed by atoms with Gasteiger partial charge in [-0.3, -0.25) is 4.79 Å². The SMILES string of the molecule is O=C(Nc1ccc(F)c(F)c1)c1ccc(Cl)c(S(=O)(=O)[C@@H]2CC3CC[C@@H](C2)[C@@]3(O)C(O)C(O)c2cccc(-n3cccn3)n2)c1. The van der Waals surface area contributed by atoms with Gasteiger partial charge in [0.25, 0.3) is 5.91 Å². The topological polar surface area (TPSA) is 155 Å². The van der Waals surface area contributed by atoms with Crippen molar-refractivity contribution in [2.24, 2.45) is 11.8 Å². The van der Waals surface area contributed by atoms with Gasteiger partial charge in [0.2, 0.25) is 0 Å². The lowest BCUT2D eigenvalue weighted by molar-refractivity contribution is -0.178. The fourth-order valence-corrected chi connectivity index (χ4v) is 9.05. The number of carbonyl (C=O) groups excluding carboxylic acids is 1. The van der Waals surface area contributed by atoms with Crippen molar-refractivity contribution in [1.82, 2.24) is 14.8 Å². The second-order valence-corrected chi connectivity index (χ2v) is 14.1. The predicted molar refractivity (Wildman–Crippen MR) is 159 cm³/mol. The van der Waals surface area contributed by atoms with Crippen molar-refractivity contribution in [3.8, 4) is 5.82 Å². The second kappa shape index (κ2) is 11.9. The summed E-state index contributed by atoms with van der Waals surface area (Å²) in [6, 6.07) is 13.1. The number of nitrogens with zero attached hydrogens (tertiary/aromatic N) is 3. The standard InChI is InChI=1S/C31H29ClF2N4O6S/c32-22-9-5-17(30(41)36-20-8-10-23(33)24(34)16-20)13-26(22)45(43,44)21-14-18-6-7-19(15-21)31(18,42)29(40)28(39)25-3-1-4-27(37-25)38-12-2-11-35-38/h1-5,8-13,16,18-19,21,28-29,39-40,42H,6-7,14-15H2,(H,36,41)/t18-,19?,21-,28?,29?,31-/m0/s1. The zero-order valence-corrected chi connectivity index (χ0v) is 25.2. The summed E-state index contributed by atoms with van der Waals surface area (Å²) in [6.07, 6.45) is 0.881. The lowest BCUT2D eigenvalue weighted by Gasteiger charge is -2.46. The number of aliphatic hydroxyl groups is 3. The van der Waals surface area contributed by atoms with E-state index in [1.807, 2.05) is 0 Å². The first kappa shape index (κ1) is 31.2. The number of anilines is 1. The Morgan fingerprint density at radius 2 is 1.76 bits per heavy atom. The molecule has 3 unspecified atom stereocenters. The van der Waals surface area contributed by atoms with Crippen LogP contribution in [0.1, 0.15) is 47.8 Å². The molecule has 236 valence electrons. The van der Waals surface area contributed by atoms with Gasteiger partial charge in [0.1, 0.15) is 12.2 Å². The van der Waals surface area contributed by atoms with Crippen LogP contribution in [0.4, 0.5) is 14.5 Å². The molecular weight excluding hydrogens is 630 g/mol. The summed E-state index contributed by atoms with van der Waals surface area (Å²) in [5.41, 5.74) is -1.74. The number of rotatable bonds is 8. The Balaban J connectivity index is 1.21. The van der Waals surface area contributed by atoms with Crippen LogP contribution in [0, 0.1) is 23.5 Å². The van der Waals surface area contributed by atoms with Gasteiger partial charge in [0.05, 0.1) is 26.5 Å². The van der Waals surface area contributed by atoms with Gasteiger partial charge in [0, 0.05) is 29.7 Å². The number of fused-ring (bicyclic) bond motifs is 2. The highest BCUT2D eigenvalue weighted by molar-refractivity contribution is 7.92. The van der Waals surface area contributed by atoms with Gasteiger partial charge in [-0.2, -0.15) is 5.10 Å². The molecule has 6 rings (SSSR count). The Morgan fingerprint density at radius 1 is 1.02 bits per heavy atom. The summed E-state index contributed by atoms with van der Waals surface area (Å²) in [7, 11) is -4.14. The van der Waals surface area contributed by atoms with Crippen molar-refractivity contribution in [1.29, 1.82) is 0 Å². The highest BCUT2D eigenvalue weighted by atomic mass is 35.5. The van der Waals surface area contributed by atoms with Crippen LogP contribution in [0.5, 0.6) is 0 Å². The summed E-state index contributed by atoms with van der Waals surface area (Å²) in [6.45, 7) is 0. The molecule has 0 saturated heterocycles. The third-order valence-electron chi connectivity index (χ3n) is 8.95. The normalized spacial score (nSPS) is 24.3. The van der Waals surface area contributed by atoms with Crippen molar-refractivity contribution in [2.45, 2.75) is 53.6 Å². The molecule has 2 aliphatic rings. The fourth-order valence-electron chi connectivity index (χ4n) is 6.65. The molecule has 4 aromatic rings. The number of aromatic nitrogens is 3. The van der Waals surface area contributed by atoms with Crippen LogP contribution in [0.25, 0.3) is 5.82 Å². The number of sulfone groups is 1. The molecule has 14 heteroatoms. The molecule has 2 aromatic heterocycles. The molecule has 2 fully saturated rings. The Hall–Kier alpha value is -3.75. The van der Waals surface area contributed by atoms with Crippen LogP contribution in [0.3, 0.4) is 0 Å². The number of pyridine rings is 1. The molecule has 2 heterocycles. The van der Waals surface area contributed by atoms with Gasteiger partial charge < -0.3 is 20.6 Å². The van der Waals surface area contributed by atoms with Crippen LogP contribution in [-0.2, 0) is 9.84 Å². The summed E-state index contributed by atoms with van der Waals surface area (Å²) in [5, 5.41) is 39.8. The van der Waals surface area contributed by atoms with Crippen LogP contribution in [0.15, 0.2) is 78.0 Å². The van der Waals surface area contributed by atoms with Crippen LogP contribution < -0.4 is 5.32 Å². The van der Waals surface area contributed by atoms with Gasteiger partial charge >= 0.3 is 0 Å². The smallest absolute Gasteiger partial charge is 0.255 e. The highest BCUT2D eigenvalue weighted by Crippen LogP contribution is 2.55. The molecule has 0 aliphatic heterocycles. The first-order valence-electron chi connectivity index (χ1n) is 14.2. The summed E-state index contributed by atoms with van der Waals surface area (Å²) in [4.78, 5) is 17.0. The molecule has 2 aliphatic carbocycles. The van der Waals surface area contributed by atoms with Crippen molar-refractivity contribution in [3.63, 3.8) is 0 Å². The summed E-state index contributed by atoms with van der Waals surface area (Å²) < 4.78 is 56.2. The van der Waals surface area contributed by atoms with Gasteiger partial charge in [-0.1, -0.05) is 17.7 Å². The van der Waals surface area contributed by atoms with Crippen molar-refractivity contribution in [3.05, 3.63) is 101 Å². The van der Waals surface area contributed by atoms with Crippen LogP contribution >= 0.6 is 11.6 Å². The van der Waals surface area contributed by atoms with E-state index in [0.29, 0.717) is 18.7 Å². The van der Waals surface area contributed by atoms with Gasteiger partial charge in [0.15, 0.2) is 27.3 Å².